The fourth-order valence-corrected chi connectivity index (χ4v) is 2.07. The van der Waals surface area contributed by atoms with Crippen molar-refractivity contribution in [1.82, 2.24) is 4.98 Å². The Hall–Kier alpha value is -0.890. The van der Waals surface area contributed by atoms with Crippen LogP contribution in [-0.4, -0.2) is 12.1 Å². The summed E-state index contributed by atoms with van der Waals surface area (Å²) in [6, 6.07) is 0. The molecule has 1 aliphatic carbocycles. The molecule has 0 aliphatic heterocycles. The molecule has 0 N–H and O–H groups in total. The second-order valence-electron chi connectivity index (χ2n) is 3.74. The van der Waals surface area contributed by atoms with Crippen LogP contribution in [-0.2, 0) is 17.8 Å². The summed E-state index contributed by atoms with van der Waals surface area (Å²) >= 11 is 0. The predicted octanol–water partition coefficient (Wildman–Crippen LogP) is 2.28. The molecule has 1 aliphatic rings. The third kappa shape index (κ3) is 1.46. The fourth-order valence-electron chi connectivity index (χ4n) is 2.07. The molecular weight excluding hydrogens is 162 g/mol. The first-order chi connectivity index (χ1) is 6.33. The van der Waals surface area contributed by atoms with Gasteiger partial charge in [0.2, 0.25) is 0 Å². The first-order valence-electron chi connectivity index (χ1n) is 4.77. The number of fused-ring (bicyclic) bond motifs is 1. The van der Waals surface area contributed by atoms with Crippen molar-refractivity contribution < 1.29 is 4.74 Å². The summed E-state index contributed by atoms with van der Waals surface area (Å²) in [6.07, 6.45) is 6.39. The van der Waals surface area contributed by atoms with Crippen LogP contribution in [0.4, 0.5) is 0 Å². The lowest BCUT2D eigenvalue weighted by Gasteiger charge is -2.07. The molecule has 2 heteroatoms. The summed E-state index contributed by atoms with van der Waals surface area (Å²) in [5.41, 5.74) is 4.17. The summed E-state index contributed by atoms with van der Waals surface area (Å²) in [7, 11) is 1.73. The molecule has 0 saturated heterocycles. The van der Waals surface area contributed by atoms with Crippen molar-refractivity contribution in [3.8, 4) is 0 Å². The molecule has 0 aromatic carbocycles. The standard InChI is InChI=1S/C11H15NO/c1-8-3-4-10-9(7-13-2)5-12-6-11(8)10/h5-6,8H,3-4,7H2,1-2H3. The maximum Gasteiger partial charge on any atom is 0.0730 e. The van der Waals surface area contributed by atoms with Gasteiger partial charge in [-0.2, -0.15) is 0 Å². The molecule has 0 radical (unpaired) electrons. The van der Waals surface area contributed by atoms with Crippen molar-refractivity contribution in [2.75, 3.05) is 7.11 Å². The van der Waals surface area contributed by atoms with E-state index in [9.17, 15) is 0 Å². The number of rotatable bonds is 2. The summed E-state index contributed by atoms with van der Waals surface area (Å²) in [5.74, 6) is 0.680. The summed E-state index contributed by atoms with van der Waals surface area (Å²) in [5, 5.41) is 0. The molecule has 2 rings (SSSR count). The molecule has 1 unspecified atom stereocenters. The normalized spacial score (nSPS) is 20.3. The van der Waals surface area contributed by atoms with Crippen LogP contribution in [0.25, 0.3) is 0 Å². The van der Waals surface area contributed by atoms with Gasteiger partial charge in [0.15, 0.2) is 0 Å². The van der Waals surface area contributed by atoms with E-state index in [1.165, 1.54) is 29.5 Å². The zero-order chi connectivity index (χ0) is 9.26. The minimum absolute atomic E-state index is 0.680. The van der Waals surface area contributed by atoms with Crippen LogP contribution in [0.1, 0.15) is 36.0 Å². The van der Waals surface area contributed by atoms with Gasteiger partial charge in [0.1, 0.15) is 0 Å². The van der Waals surface area contributed by atoms with Gasteiger partial charge in [-0.3, -0.25) is 4.98 Å². The van der Waals surface area contributed by atoms with E-state index in [0.717, 1.165) is 0 Å². The van der Waals surface area contributed by atoms with Crippen LogP contribution in [0.5, 0.6) is 0 Å². The molecule has 1 aromatic rings. The van der Waals surface area contributed by atoms with Crippen molar-refractivity contribution in [2.45, 2.75) is 32.3 Å². The van der Waals surface area contributed by atoms with Crippen molar-refractivity contribution in [3.63, 3.8) is 0 Å². The SMILES string of the molecule is COCc1cncc2c1CCC2C. The quantitative estimate of drug-likeness (QED) is 0.691. The molecular formula is C11H15NO. The molecule has 1 aromatic heterocycles. The number of hydrogen-bond donors (Lipinski definition) is 0. The van der Waals surface area contributed by atoms with Crippen molar-refractivity contribution in [2.24, 2.45) is 0 Å². The molecule has 1 atom stereocenters. The molecule has 1 heterocycles. The third-order valence-electron chi connectivity index (χ3n) is 2.84. The van der Waals surface area contributed by atoms with Gasteiger partial charge in [0.05, 0.1) is 6.61 Å². The zero-order valence-electron chi connectivity index (χ0n) is 8.21. The van der Waals surface area contributed by atoms with Gasteiger partial charge < -0.3 is 4.74 Å². The van der Waals surface area contributed by atoms with Gasteiger partial charge in [-0.1, -0.05) is 6.92 Å². The van der Waals surface area contributed by atoms with Crippen molar-refractivity contribution in [1.29, 1.82) is 0 Å². The van der Waals surface area contributed by atoms with Gasteiger partial charge in [0, 0.05) is 19.5 Å². The minimum Gasteiger partial charge on any atom is -0.380 e. The van der Waals surface area contributed by atoms with E-state index in [1.54, 1.807) is 7.11 Å². The van der Waals surface area contributed by atoms with Crippen LogP contribution in [0, 0.1) is 0 Å². The van der Waals surface area contributed by atoms with Crippen LogP contribution in [0.15, 0.2) is 12.4 Å². The van der Waals surface area contributed by atoms with E-state index in [2.05, 4.69) is 11.9 Å². The number of nitrogens with zero attached hydrogens (tertiary/aromatic N) is 1. The summed E-state index contributed by atoms with van der Waals surface area (Å²) in [6.45, 7) is 2.97. The second-order valence-corrected chi connectivity index (χ2v) is 3.74. The molecule has 0 saturated carbocycles. The van der Waals surface area contributed by atoms with E-state index >= 15 is 0 Å². The van der Waals surface area contributed by atoms with Crippen LogP contribution < -0.4 is 0 Å². The van der Waals surface area contributed by atoms with E-state index in [1.807, 2.05) is 12.4 Å². The molecule has 0 amide bonds. The molecule has 0 bridgehead atoms. The number of pyridine rings is 1. The average Bonchev–Trinajstić information content (AvgIpc) is 2.50. The summed E-state index contributed by atoms with van der Waals surface area (Å²) < 4.78 is 5.15. The van der Waals surface area contributed by atoms with E-state index in [0.29, 0.717) is 12.5 Å². The van der Waals surface area contributed by atoms with E-state index in [-0.39, 0.29) is 0 Å². The Balaban J connectivity index is 2.38. The molecule has 2 nitrogen and oxygen atoms in total. The Morgan fingerprint density at radius 2 is 2.38 bits per heavy atom. The van der Waals surface area contributed by atoms with E-state index in [4.69, 9.17) is 4.74 Å². The molecule has 13 heavy (non-hydrogen) atoms. The molecule has 70 valence electrons. The Kier molecular flexibility index (Phi) is 2.32. The Labute approximate surface area is 78.9 Å². The van der Waals surface area contributed by atoms with Crippen LogP contribution in [0.2, 0.25) is 0 Å². The molecule has 0 fully saturated rings. The third-order valence-corrected chi connectivity index (χ3v) is 2.84. The minimum atomic E-state index is 0.680. The topological polar surface area (TPSA) is 22.1 Å². The number of hydrogen-bond acceptors (Lipinski definition) is 2. The largest absolute Gasteiger partial charge is 0.380 e. The van der Waals surface area contributed by atoms with Crippen molar-refractivity contribution >= 4 is 0 Å². The highest BCUT2D eigenvalue weighted by molar-refractivity contribution is 5.37. The Bertz CT molecular complexity index is 309. The van der Waals surface area contributed by atoms with Crippen molar-refractivity contribution in [3.05, 3.63) is 29.1 Å². The first kappa shape index (κ1) is 8.70. The fraction of sp³-hybridized carbons (Fsp3) is 0.545. The monoisotopic (exact) mass is 177 g/mol. The summed E-state index contributed by atoms with van der Waals surface area (Å²) in [4.78, 5) is 4.25. The number of aromatic nitrogens is 1. The van der Waals surface area contributed by atoms with Gasteiger partial charge in [-0.25, -0.2) is 0 Å². The number of methoxy groups -OCH3 is 1. The number of ether oxygens (including phenoxy) is 1. The van der Waals surface area contributed by atoms with Crippen LogP contribution in [0.3, 0.4) is 0 Å². The zero-order valence-corrected chi connectivity index (χ0v) is 8.21. The lowest BCUT2D eigenvalue weighted by Crippen LogP contribution is -1.97. The maximum atomic E-state index is 5.15. The van der Waals surface area contributed by atoms with Gasteiger partial charge in [-0.05, 0) is 35.4 Å². The first-order valence-corrected chi connectivity index (χ1v) is 4.77. The lowest BCUT2D eigenvalue weighted by molar-refractivity contribution is 0.184. The highest BCUT2D eigenvalue weighted by Crippen LogP contribution is 2.33. The predicted molar refractivity (Wildman–Crippen MR) is 51.7 cm³/mol. The van der Waals surface area contributed by atoms with Gasteiger partial charge in [0.25, 0.3) is 0 Å². The highest BCUT2D eigenvalue weighted by Gasteiger charge is 2.20. The highest BCUT2D eigenvalue weighted by atomic mass is 16.5. The molecule has 0 spiro atoms. The average molecular weight is 177 g/mol. The van der Waals surface area contributed by atoms with E-state index < -0.39 is 0 Å². The smallest absolute Gasteiger partial charge is 0.0730 e. The van der Waals surface area contributed by atoms with Crippen LogP contribution >= 0.6 is 0 Å². The van der Waals surface area contributed by atoms with Gasteiger partial charge >= 0.3 is 0 Å². The lowest BCUT2D eigenvalue weighted by atomic mass is 10.0. The second kappa shape index (κ2) is 3.46. The van der Waals surface area contributed by atoms with Gasteiger partial charge in [-0.15, -0.1) is 0 Å². The Morgan fingerprint density at radius 1 is 1.54 bits per heavy atom. The maximum absolute atomic E-state index is 5.15. The Morgan fingerprint density at radius 3 is 3.15 bits per heavy atom.